The van der Waals surface area contributed by atoms with Crippen molar-refractivity contribution >= 4 is 19.7 Å². The molecule has 0 aliphatic heterocycles. The molecule has 0 aromatic carbocycles. The maximum absolute atomic E-state index is 12.2. The van der Waals surface area contributed by atoms with Crippen LogP contribution in [0, 0.1) is 0 Å². The van der Waals surface area contributed by atoms with Crippen LogP contribution in [-0.4, -0.2) is 29.6 Å². The van der Waals surface area contributed by atoms with Gasteiger partial charge in [0.15, 0.2) is 0 Å². The van der Waals surface area contributed by atoms with E-state index in [9.17, 15) is 17.2 Å². The molecule has 0 aliphatic carbocycles. The predicted octanol–water partition coefficient (Wildman–Crippen LogP) is 1.03. The summed E-state index contributed by atoms with van der Waals surface area (Å²) in [7, 11) is 0.881. The Bertz CT molecular complexity index is 445. The summed E-state index contributed by atoms with van der Waals surface area (Å²) in [6.45, 7) is 0.869. The van der Waals surface area contributed by atoms with Crippen LogP contribution in [-0.2, 0) is 22.0 Å². The van der Waals surface area contributed by atoms with Crippen molar-refractivity contribution in [2.45, 2.75) is 31.5 Å². The van der Waals surface area contributed by atoms with Crippen molar-refractivity contribution in [1.82, 2.24) is 14.8 Å². The van der Waals surface area contributed by atoms with Gasteiger partial charge in [-0.15, -0.1) is 10.2 Å². The Morgan fingerprint density at radius 3 is 2.47 bits per heavy atom. The number of aryl methyl sites for hydroxylation is 1. The second kappa shape index (κ2) is 4.40. The highest BCUT2D eigenvalue weighted by Gasteiger charge is 2.23. The lowest BCUT2D eigenvalue weighted by Gasteiger charge is -2.06. The number of hydrogen-bond donors (Lipinski definition) is 0. The van der Waals surface area contributed by atoms with Crippen LogP contribution in [0.1, 0.15) is 12.7 Å². The molecule has 0 aliphatic rings. The normalized spacial score (nSPS) is 12.3. The number of nitrogens with zero attached hydrogens (tertiary/aromatic N) is 3. The molecule has 0 saturated carbocycles. The van der Waals surface area contributed by atoms with Gasteiger partial charge in [0.2, 0.25) is 0 Å². The summed E-state index contributed by atoms with van der Waals surface area (Å²) in [5, 5.41) is 6.10. The van der Waals surface area contributed by atoms with Crippen LogP contribution in [0.15, 0.2) is 5.16 Å². The van der Waals surface area contributed by atoms with Gasteiger partial charge >= 0.3 is 0 Å². The zero-order valence-corrected chi connectivity index (χ0v) is 9.26. The first-order valence-corrected chi connectivity index (χ1v) is 6.32. The summed E-state index contributed by atoms with van der Waals surface area (Å²) in [6.07, 6.45) is -2.39. The Balaban J connectivity index is 3.24. The van der Waals surface area contributed by atoms with E-state index in [0.717, 1.165) is 4.57 Å². The highest BCUT2D eigenvalue weighted by molar-refractivity contribution is 8.13. The molecule has 1 rings (SSSR count). The average Bonchev–Trinajstić information content (AvgIpc) is 2.45. The molecule has 0 unspecified atom stereocenters. The molecule has 1 heterocycles. The Hall–Kier alpha value is -0.760. The summed E-state index contributed by atoms with van der Waals surface area (Å²) >= 11 is 0. The number of alkyl halides is 2. The molecule has 0 bridgehead atoms. The third-order valence-electron chi connectivity index (χ3n) is 1.65. The monoisotopic (exact) mass is 259 g/mol. The van der Waals surface area contributed by atoms with E-state index in [4.69, 9.17) is 10.7 Å². The van der Waals surface area contributed by atoms with Crippen molar-refractivity contribution in [2.24, 2.45) is 0 Å². The van der Waals surface area contributed by atoms with Gasteiger partial charge in [0, 0.05) is 17.1 Å². The van der Waals surface area contributed by atoms with E-state index in [0.29, 0.717) is 6.42 Å². The molecule has 1 aromatic rings. The lowest BCUT2D eigenvalue weighted by Crippen LogP contribution is -2.14. The molecular weight excluding hydrogens is 252 g/mol. The van der Waals surface area contributed by atoms with E-state index >= 15 is 0 Å². The van der Waals surface area contributed by atoms with E-state index in [1.54, 1.807) is 6.92 Å². The molecule has 5 nitrogen and oxygen atoms in total. The molecule has 9 heteroatoms. The lowest BCUT2D eigenvalue weighted by molar-refractivity contribution is 0.122. The summed E-state index contributed by atoms with van der Waals surface area (Å²) in [5.41, 5.74) is 0. The van der Waals surface area contributed by atoms with Crippen LogP contribution in [0.2, 0.25) is 0 Å². The van der Waals surface area contributed by atoms with Crippen molar-refractivity contribution < 1.29 is 17.2 Å². The van der Waals surface area contributed by atoms with Crippen molar-refractivity contribution in [3.05, 3.63) is 5.82 Å². The van der Waals surface area contributed by atoms with Gasteiger partial charge in [-0.05, 0) is 0 Å². The Labute approximate surface area is 89.5 Å². The van der Waals surface area contributed by atoms with E-state index < -0.39 is 27.2 Å². The molecule has 0 radical (unpaired) electrons. The van der Waals surface area contributed by atoms with Gasteiger partial charge in [0.05, 0.1) is 6.54 Å². The van der Waals surface area contributed by atoms with Gasteiger partial charge < -0.3 is 0 Å². The Kier molecular flexibility index (Phi) is 3.61. The number of aromatic nitrogens is 3. The largest absolute Gasteiger partial charge is 0.296 e. The summed E-state index contributed by atoms with van der Waals surface area (Å²) in [5.74, 6) is 0.162. The molecule has 0 amide bonds. The first-order chi connectivity index (χ1) is 6.86. The van der Waals surface area contributed by atoms with Crippen molar-refractivity contribution in [1.29, 1.82) is 0 Å². The van der Waals surface area contributed by atoms with Crippen molar-refractivity contribution in [3.63, 3.8) is 0 Å². The maximum Gasteiger partial charge on any atom is 0.296 e. The predicted molar refractivity (Wildman–Crippen MR) is 48.4 cm³/mol. The molecule has 15 heavy (non-hydrogen) atoms. The highest BCUT2D eigenvalue weighted by atomic mass is 35.7. The van der Waals surface area contributed by atoms with Gasteiger partial charge in [-0.2, -0.15) is 0 Å². The van der Waals surface area contributed by atoms with Crippen molar-refractivity contribution in [3.8, 4) is 0 Å². The Morgan fingerprint density at radius 2 is 2.07 bits per heavy atom. The molecule has 1 aromatic heterocycles. The standard InChI is InChI=1S/C6H8ClF2N3O2S/c1-2-5-10-11-6(15(7,13)14)12(5)3-4(8)9/h4H,2-3H2,1H3. The minimum Gasteiger partial charge on any atom is -0.295 e. The van der Waals surface area contributed by atoms with Crippen molar-refractivity contribution in [2.75, 3.05) is 0 Å². The fraction of sp³-hybridized carbons (Fsp3) is 0.667. The smallest absolute Gasteiger partial charge is 0.295 e. The quantitative estimate of drug-likeness (QED) is 0.758. The summed E-state index contributed by atoms with van der Waals surface area (Å²) in [4.78, 5) is 0. The van der Waals surface area contributed by atoms with Crippen LogP contribution in [0.3, 0.4) is 0 Å². The first-order valence-electron chi connectivity index (χ1n) is 4.01. The van der Waals surface area contributed by atoms with E-state index in [1.807, 2.05) is 0 Å². The lowest BCUT2D eigenvalue weighted by atomic mass is 10.4. The molecule has 86 valence electrons. The fourth-order valence-electron chi connectivity index (χ4n) is 1.08. The van der Waals surface area contributed by atoms with Gasteiger partial charge in [-0.1, -0.05) is 6.92 Å². The van der Waals surface area contributed by atoms with Crippen LogP contribution >= 0.6 is 10.7 Å². The molecule has 0 atom stereocenters. The maximum atomic E-state index is 12.2. The van der Waals surface area contributed by atoms with Crippen LogP contribution < -0.4 is 0 Å². The summed E-state index contributed by atoms with van der Waals surface area (Å²) in [6, 6.07) is 0. The van der Waals surface area contributed by atoms with Gasteiger partial charge in [0.25, 0.3) is 20.6 Å². The van der Waals surface area contributed by atoms with Gasteiger partial charge in [0.1, 0.15) is 5.82 Å². The molecule has 0 fully saturated rings. The number of halogens is 3. The summed E-state index contributed by atoms with van der Waals surface area (Å²) < 4.78 is 47.1. The molecule has 0 spiro atoms. The minimum absolute atomic E-state index is 0.162. The zero-order chi connectivity index (χ0) is 11.6. The van der Waals surface area contributed by atoms with E-state index in [-0.39, 0.29) is 5.82 Å². The molecule has 0 saturated heterocycles. The number of rotatable bonds is 4. The highest BCUT2D eigenvalue weighted by Crippen LogP contribution is 2.15. The van der Waals surface area contributed by atoms with E-state index in [1.165, 1.54) is 0 Å². The van der Waals surface area contributed by atoms with Crippen LogP contribution in [0.4, 0.5) is 8.78 Å². The number of hydrogen-bond acceptors (Lipinski definition) is 4. The van der Waals surface area contributed by atoms with Gasteiger partial charge in [-0.25, -0.2) is 17.2 Å². The zero-order valence-electron chi connectivity index (χ0n) is 7.69. The van der Waals surface area contributed by atoms with Gasteiger partial charge in [-0.3, -0.25) is 4.57 Å². The molecular formula is C6H8ClF2N3O2S. The second-order valence-electron chi connectivity index (χ2n) is 2.69. The first kappa shape index (κ1) is 12.3. The minimum atomic E-state index is -4.14. The topological polar surface area (TPSA) is 64.8 Å². The third-order valence-corrected chi connectivity index (χ3v) is 2.80. The molecule has 0 N–H and O–H groups in total. The average molecular weight is 260 g/mol. The van der Waals surface area contributed by atoms with Crippen LogP contribution in [0.5, 0.6) is 0 Å². The SMILES string of the molecule is CCc1nnc(S(=O)(=O)Cl)n1CC(F)F. The van der Waals surface area contributed by atoms with E-state index in [2.05, 4.69) is 10.2 Å². The van der Waals surface area contributed by atoms with Crippen LogP contribution in [0.25, 0.3) is 0 Å². The fourth-order valence-corrected chi connectivity index (χ4v) is 2.01. The Morgan fingerprint density at radius 1 is 1.47 bits per heavy atom. The second-order valence-corrected chi connectivity index (χ2v) is 5.15. The third kappa shape index (κ3) is 2.85.